The lowest BCUT2D eigenvalue weighted by Crippen LogP contribution is -2.04. The molecule has 0 saturated heterocycles. The van der Waals surface area contributed by atoms with E-state index in [0.29, 0.717) is 5.03 Å². The predicted octanol–water partition coefficient (Wildman–Crippen LogP) is 6.20. The Balaban J connectivity index is 1.70. The number of pyridine rings is 1. The molecule has 0 amide bonds. The topological polar surface area (TPSA) is 12.9 Å². The molecule has 0 saturated carbocycles. The second-order valence-electron chi connectivity index (χ2n) is 4.13. The molecular weight excluding hydrogens is 347 g/mol. The zero-order valence-electron chi connectivity index (χ0n) is 11.3. The van der Waals surface area contributed by atoms with Gasteiger partial charge < -0.3 is 0 Å². The molecule has 0 aliphatic heterocycles. The highest BCUT2D eigenvalue weighted by molar-refractivity contribution is 9.09. The minimum absolute atomic E-state index is 0.567. The summed E-state index contributed by atoms with van der Waals surface area (Å²) in [7, 11) is 4.45. The summed E-state index contributed by atoms with van der Waals surface area (Å²) in [5, 5.41) is 0.567. The molecule has 0 atom stereocenters. The number of halogens is 3. The third-order valence-corrected chi connectivity index (χ3v) is 6.30. The Labute approximate surface area is 138 Å². The second-order valence-corrected chi connectivity index (χ2v) is 8.26. The zero-order chi connectivity index (χ0) is 15.8. The van der Waals surface area contributed by atoms with Crippen LogP contribution < -0.4 is 0 Å². The lowest BCUT2D eigenvalue weighted by atomic mass is 10.2. The Morgan fingerprint density at radius 1 is 1.05 bits per heavy atom. The van der Waals surface area contributed by atoms with Gasteiger partial charge in [0.15, 0.2) is 0 Å². The van der Waals surface area contributed by atoms with Crippen LogP contribution in [0, 0.1) is 0 Å². The van der Waals surface area contributed by atoms with E-state index in [1.54, 1.807) is 10.8 Å². The molecule has 0 fully saturated rings. The molecule has 2 aromatic rings. The van der Waals surface area contributed by atoms with Crippen molar-refractivity contribution >= 4 is 37.5 Å². The fourth-order valence-electron chi connectivity index (χ4n) is 1.47. The third kappa shape index (κ3) is 5.98. The molecule has 1 aromatic heterocycles. The van der Waals surface area contributed by atoms with Gasteiger partial charge in [-0.2, -0.15) is 13.2 Å². The minimum Gasteiger partial charge on any atom is -0.248 e. The van der Waals surface area contributed by atoms with Crippen molar-refractivity contribution in [1.82, 2.24) is 4.98 Å². The van der Waals surface area contributed by atoms with E-state index >= 15 is 0 Å². The Morgan fingerprint density at radius 3 is 2.45 bits per heavy atom. The highest BCUT2D eigenvalue weighted by Crippen LogP contribution is 2.40. The highest BCUT2D eigenvalue weighted by atomic mass is 33.5. The smallest absolute Gasteiger partial charge is 0.248 e. The van der Waals surface area contributed by atoms with Crippen molar-refractivity contribution in [2.45, 2.75) is 11.2 Å². The minimum atomic E-state index is -4.33. The number of hydrogen-bond acceptors (Lipinski definition) is 4. The number of alkyl halides is 3. The summed E-state index contributed by atoms with van der Waals surface area (Å²) in [5.41, 5.74) is 0.422. The van der Waals surface area contributed by atoms with Gasteiger partial charge >= 0.3 is 6.18 Å². The van der Waals surface area contributed by atoms with Gasteiger partial charge in [-0.15, -0.1) is 0 Å². The van der Waals surface area contributed by atoms with E-state index in [9.17, 15) is 13.2 Å². The SMILES string of the molecule is FC(F)(F)c1ccc(SSSCC=Cc2ccccc2)nc1. The first kappa shape index (κ1) is 17.3. The van der Waals surface area contributed by atoms with Crippen LogP contribution in [0.4, 0.5) is 13.2 Å². The summed E-state index contributed by atoms with van der Waals surface area (Å²) in [4.78, 5) is 3.80. The molecule has 0 aliphatic carbocycles. The second kappa shape index (κ2) is 8.55. The molecule has 2 rings (SSSR count). The van der Waals surface area contributed by atoms with Crippen LogP contribution in [0.2, 0.25) is 0 Å². The van der Waals surface area contributed by atoms with E-state index in [4.69, 9.17) is 0 Å². The van der Waals surface area contributed by atoms with E-state index < -0.39 is 11.7 Å². The standard InChI is InChI=1S/C15H12F3NS3/c16-15(17,18)13-8-9-14(19-11-13)21-22-20-10-4-7-12-5-2-1-3-6-12/h1-9,11H,10H2. The molecule has 1 heterocycles. The molecule has 0 spiro atoms. The van der Waals surface area contributed by atoms with Crippen LogP contribution in [0.3, 0.4) is 0 Å². The molecule has 1 nitrogen and oxygen atoms in total. The quantitative estimate of drug-likeness (QED) is 0.449. The van der Waals surface area contributed by atoms with Crippen molar-refractivity contribution in [3.8, 4) is 0 Å². The van der Waals surface area contributed by atoms with E-state index in [2.05, 4.69) is 4.98 Å². The maximum Gasteiger partial charge on any atom is 0.417 e. The van der Waals surface area contributed by atoms with Crippen LogP contribution in [0.1, 0.15) is 11.1 Å². The summed E-state index contributed by atoms with van der Waals surface area (Å²) in [6.45, 7) is 0. The Kier molecular flexibility index (Phi) is 6.72. The first-order valence-electron chi connectivity index (χ1n) is 6.27. The molecule has 0 unspecified atom stereocenters. The largest absolute Gasteiger partial charge is 0.417 e. The van der Waals surface area contributed by atoms with Crippen molar-refractivity contribution in [2.75, 3.05) is 5.75 Å². The van der Waals surface area contributed by atoms with Gasteiger partial charge in [0.05, 0.1) is 5.56 Å². The van der Waals surface area contributed by atoms with Crippen LogP contribution in [0.15, 0.2) is 59.8 Å². The van der Waals surface area contributed by atoms with Crippen molar-refractivity contribution in [3.63, 3.8) is 0 Å². The van der Waals surface area contributed by atoms with Gasteiger partial charge in [0, 0.05) is 11.9 Å². The summed E-state index contributed by atoms with van der Waals surface area (Å²) in [6.07, 6.45) is 0.617. The maximum absolute atomic E-state index is 12.4. The third-order valence-electron chi connectivity index (χ3n) is 2.51. The molecule has 116 valence electrons. The molecule has 0 aliphatic rings. The average Bonchev–Trinajstić information content (AvgIpc) is 2.51. The van der Waals surface area contributed by atoms with Crippen LogP contribution in [0.25, 0.3) is 6.08 Å². The maximum atomic E-state index is 12.4. The monoisotopic (exact) mass is 359 g/mol. The molecular formula is C15H12F3NS3. The van der Waals surface area contributed by atoms with E-state index in [0.717, 1.165) is 23.6 Å². The van der Waals surface area contributed by atoms with Crippen LogP contribution in [-0.4, -0.2) is 10.7 Å². The summed E-state index contributed by atoms with van der Waals surface area (Å²) in [6, 6.07) is 12.4. The molecule has 0 radical (unpaired) electrons. The van der Waals surface area contributed by atoms with Gasteiger partial charge in [0.1, 0.15) is 5.03 Å². The van der Waals surface area contributed by atoms with E-state index in [1.165, 1.54) is 26.7 Å². The molecule has 0 N–H and O–H groups in total. The van der Waals surface area contributed by atoms with Gasteiger partial charge in [-0.3, -0.25) is 0 Å². The average molecular weight is 359 g/mol. The van der Waals surface area contributed by atoms with Crippen molar-refractivity contribution < 1.29 is 13.2 Å². The first-order chi connectivity index (χ1) is 10.6. The van der Waals surface area contributed by atoms with Gasteiger partial charge in [0.2, 0.25) is 0 Å². The van der Waals surface area contributed by atoms with Crippen molar-refractivity contribution in [2.24, 2.45) is 0 Å². The van der Waals surface area contributed by atoms with Crippen molar-refractivity contribution in [3.05, 3.63) is 65.9 Å². The Morgan fingerprint density at radius 2 is 1.82 bits per heavy atom. The van der Waals surface area contributed by atoms with Crippen LogP contribution in [0.5, 0.6) is 0 Å². The fraction of sp³-hybridized carbons (Fsp3) is 0.133. The summed E-state index contributed by atoms with van der Waals surface area (Å²) >= 11 is 0. The molecule has 1 aromatic carbocycles. The number of benzene rings is 1. The summed E-state index contributed by atoms with van der Waals surface area (Å²) < 4.78 is 37.2. The number of hydrogen-bond donors (Lipinski definition) is 0. The number of aromatic nitrogens is 1. The van der Waals surface area contributed by atoms with Crippen LogP contribution >= 0.6 is 31.4 Å². The summed E-state index contributed by atoms with van der Waals surface area (Å²) in [5.74, 6) is 0.813. The van der Waals surface area contributed by atoms with E-state index in [1.807, 2.05) is 42.5 Å². The molecule has 7 heteroatoms. The lowest BCUT2D eigenvalue weighted by molar-refractivity contribution is -0.137. The first-order valence-corrected chi connectivity index (χ1v) is 9.92. The van der Waals surface area contributed by atoms with Gasteiger partial charge in [-0.25, -0.2) is 4.98 Å². The Bertz CT molecular complexity index is 598. The zero-order valence-corrected chi connectivity index (χ0v) is 13.7. The normalized spacial score (nSPS) is 12.0. The number of nitrogens with zero attached hydrogens (tertiary/aromatic N) is 1. The number of rotatable bonds is 6. The fourth-order valence-corrected chi connectivity index (χ4v) is 4.65. The van der Waals surface area contributed by atoms with Crippen LogP contribution in [-0.2, 0) is 6.18 Å². The van der Waals surface area contributed by atoms with Gasteiger partial charge in [-0.1, -0.05) is 53.3 Å². The molecule has 22 heavy (non-hydrogen) atoms. The van der Waals surface area contributed by atoms with Gasteiger partial charge in [0.25, 0.3) is 0 Å². The Hall–Kier alpha value is -1.05. The predicted molar refractivity (Wildman–Crippen MR) is 90.6 cm³/mol. The van der Waals surface area contributed by atoms with E-state index in [-0.39, 0.29) is 0 Å². The highest BCUT2D eigenvalue weighted by Gasteiger charge is 2.30. The molecule has 0 bridgehead atoms. The lowest BCUT2D eigenvalue weighted by Gasteiger charge is -2.05. The van der Waals surface area contributed by atoms with Crippen molar-refractivity contribution in [1.29, 1.82) is 0 Å². The van der Waals surface area contributed by atoms with Gasteiger partial charge in [-0.05, 0) is 38.3 Å².